The van der Waals surface area contributed by atoms with Crippen LogP contribution in [0.15, 0.2) is 91.3 Å². The minimum absolute atomic E-state index is 0.0750. The van der Waals surface area contributed by atoms with Crippen molar-refractivity contribution in [3.05, 3.63) is 108 Å². The summed E-state index contributed by atoms with van der Waals surface area (Å²) in [5, 5.41) is 5.57. The van der Waals surface area contributed by atoms with Crippen LogP contribution < -0.4 is 5.32 Å². The van der Waals surface area contributed by atoms with E-state index in [1.165, 1.54) is 27.5 Å². The number of aromatic nitrogens is 2. The van der Waals surface area contributed by atoms with Crippen LogP contribution in [0.25, 0.3) is 21.8 Å². The summed E-state index contributed by atoms with van der Waals surface area (Å²) in [6.07, 6.45) is 5.27. The third-order valence-corrected chi connectivity index (χ3v) is 6.00. The molecular formula is C27H25N3O. The minimum atomic E-state index is 0.0750. The quantitative estimate of drug-likeness (QED) is 0.326. The second-order valence-corrected chi connectivity index (χ2v) is 7.92. The Labute approximate surface area is 181 Å². The molecule has 0 saturated heterocycles. The lowest BCUT2D eigenvalue weighted by atomic mass is 9.91. The average Bonchev–Trinajstić information content (AvgIpc) is 3.43. The van der Waals surface area contributed by atoms with Crippen LogP contribution in [0.1, 0.15) is 29.0 Å². The van der Waals surface area contributed by atoms with E-state index >= 15 is 0 Å². The maximum atomic E-state index is 12.7. The highest BCUT2D eigenvalue weighted by molar-refractivity contribution is 5.85. The maximum absolute atomic E-state index is 12.7. The maximum Gasteiger partial charge on any atom is 0.220 e. The number of para-hydroxylation sites is 2. The smallest absolute Gasteiger partial charge is 0.220 e. The molecule has 2 heterocycles. The third-order valence-electron chi connectivity index (χ3n) is 6.00. The van der Waals surface area contributed by atoms with Gasteiger partial charge in [0.1, 0.15) is 0 Å². The van der Waals surface area contributed by atoms with Gasteiger partial charge < -0.3 is 15.3 Å². The molecule has 31 heavy (non-hydrogen) atoms. The number of carbonyl (C=O) groups excluding carboxylic acids is 1. The Morgan fingerprint density at radius 3 is 2.23 bits per heavy atom. The first kappa shape index (κ1) is 19.2. The predicted molar refractivity (Wildman–Crippen MR) is 126 cm³/mol. The summed E-state index contributed by atoms with van der Waals surface area (Å²) >= 11 is 0. The van der Waals surface area contributed by atoms with Crippen molar-refractivity contribution >= 4 is 27.7 Å². The van der Waals surface area contributed by atoms with Crippen molar-refractivity contribution in [1.29, 1.82) is 0 Å². The van der Waals surface area contributed by atoms with Gasteiger partial charge in [-0.25, -0.2) is 0 Å². The Kier molecular flexibility index (Phi) is 5.28. The van der Waals surface area contributed by atoms with E-state index in [0.29, 0.717) is 13.0 Å². The van der Waals surface area contributed by atoms with E-state index in [2.05, 4.69) is 76.1 Å². The number of rotatable bonds is 7. The number of hydrogen-bond acceptors (Lipinski definition) is 1. The largest absolute Gasteiger partial charge is 0.361 e. The molecule has 4 nitrogen and oxygen atoms in total. The molecule has 0 spiro atoms. The standard InChI is InChI=1S/C27H25N3O/c31-27(15-14-20-16-28-25-12-6-4-10-21(20)25)30-17-23(19-8-2-1-3-9-19)24-18-29-26-13-7-5-11-22(24)26/h1-13,16,18,23,28-29H,14-15,17H2,(H,30,31). The van der Waals surface area contributed by atoms with Crippen molar-refractivity contribution in [2.75, 3.05) is 6.54 Å². The summed E-state index contributed by atoms with van der Waals surface area (Å²) in [5.41, 5.74) is 5.82. The van der Waals surface area contributed by atoms with E-state index < -0.39 is 0 Å². The zero-order valence-electron chi connectivity index (χ0n) is 17.3. The number of aryl methyl sites for hydroxylation is 1. The number of hydrogen-bond donors (Lipinski definition) is 3. The molecule has 0 saturated carbocycles. The lowest BCUT2D eigenvalue weighted by Crippen LogP contribution is -2.29. The van der Waals surface area contributed by atoms with Gasteiger partial charge in [0.25, 0.3) is 0 Å². The van der Waals surface area contributed by atoms with Gasteiger partial charge in [-0.15, -0.1) is 0 Å². The zero-order chi connectivity index (χ0) is 21.0. The van der Waals surface area contributed by atoms with E-state index in [4.69, 9.17) is 0 Å². The summed E-state index contributed by atoms with van der Waals surface area (Å²) in [4.78, 5) is 19.4. The topological polar surface area (TPSA) is 60.7 Å². The van der Waals surface area contributed by atoms with Gasteiger partial charge in [0, 0.05) is 53.1 Å². The number of amides is 1. The van der Waals surface area contributed by atoms with E-state index in [0.717, 1.165) is 17.5 Å². The van der Waals surface area contributed by atoms with Gasteiger partial charge in [-0.05, 0) is 35.2 Å². The van der Waals surface area contributed by atoms with Crippen LogP contribution in [0.3, 0.4) is 0 Å². The van der Waals surface area contributed by atoms with Gasteiger partial charge in [-0.1, -0.05) is 66.7 Å². The van der Waals surface area contributed by atoms with Gasteiger partial charge in [-0.3, -0.25) is 4.79 Å². The summed E-state index contributed by atoms with van der Waals surface area (Å²) < 4.78 is 0. The van der Waals surface area contributed by atoms with Crippen LogP contribution in [0.5, 0.6) is 0 Å². The Balaban J connectivity index is 1.31. The van der Waals surface area contributed by atoms with Crippen molar-refractivity contribution in [3.8, 4) is 0 Å². The fourth-order valence-corrected chi connectivity index (χ4v) is 4.37. The first-order valence-electron chi connectivity index (χ1n) is 10.7. The molecule has 154 valence electrons. The van der Waals surface area contributed by atoms with Crippen LogP contribution in [0.4, 0.5) is 0 Å². The lowest BCUT2D eigenvalue weighted by Gasteiger charge is -2.18. The molecule has 5 aromatic rings. The van der Waals surface area contributed by atoms with Gasteiger partial charge in [0.15, 0.2) is 0 Å². The molecule has 0 aliphatic rings. The minimum Gasteiger partial charge on any atom is -0.361 e. The highest BCUT2D eigenvalue weighted by atomic mass is 16.1. The fourth-order valence-electron chi connectivity index (χ4n) is 4.37. The SMILES string of the molecule is O=C(CCc1c[nH]c2ccccc12)NCC(c1ccccc1)c1c[nH]c2ccccc12. The van der Waals surface area contributed by atoms with Crippen molar-refractivity contribution < 1.29 is 4.79 Å². The van der Waals surface area contributed by atoms with E-state index in [-0.39, 0.29) is 11.8 Å². The normalized spacial score (nSPS) is 12.3. The molecule has 3 N–H and O–H groups in total. The van der Waals surface area contributed by atoms with E-state index in [1.807, 2.05) is 30.5 Å². The Morgan fingerprint density at radius 1 is 0.774 bits per heavy atom. The zero-order valence-corrected chi connectivity index (χ0v) is 17.3. The first-order valence-corrected chi connectivity index (χ1v) is 10.7. The second kappa shape index (κ2) is 8.52. The summed E-state index contributed by atoms with van der Waals surface area (Å²) in [6.45, 7) is 0.568. The average molecular weight is 408 g/mol. The number of carbonyl (C=O) groups is 1. The summed E-state index contributed by atoms with van der Waals surface area (Å²) in [5.74, 6) is 0.167. The molecule has 1 amide bonds. The van der Waals surface area contributed by atoms with E-state index in [1.54, 1.807) is 0 Å². The number of aromatic amines is 2. The molecule has 0 radical (unpaired) electrons. The number of fused-ring (bicyclic) bond motifs is 2. The fraction of sp³-hybridized carbons (Fsp3) is 0.148. The molecule has 1 unspecified atom stereocenters. The highest BCUT2D eigenvalue weighted by Crippen LogP contribution is 2.30. The first-order chi connectivity index (χ1) is 15.3. The lowest BCUT2D eigenvalue weighted by molar-refractivity contribution is -0.121. The van der Waals surface area contributed by atoms with Crippen molar-refractivity contribution in [2.45, 2.75) is 18.8 Å². The Hall–Kier alpha value is -3.79. The summed E-state index contributed by atoms with van der Waals surface area (Å²) in [7, 11) is 0. The molecule has 0 aliphatic heterocycles. The molecule has 2 aromatic heterocycles. The van der Waals surface area contributed by atoms with Crippen molar-refractivity contribution in [2.24, 2.45) is 0 Å². The number of nitrogens with one attached hydrogen (secondary N) is 3. The van der Waals surface area contributed by atoms with Gasteiger partial charge in [-0.2, -0.15) is 0 Å². The Morgan fingerprint density at radius 2 is 1.42 bits per heavy atom. The summed E-state index contributed by atoms with van der Waals surface area (Å²) in [6, 6.07) is 26.9. The monoisotopic (exact) mass is 407 g/mol. The predicted octanol–water partition coefficient (Wildman–Crippen LogP) is 5.53. The van der Waals surface area contributed by atoms with Crippen molar-refractivity contribution in [3.63, 3.8) is 0 Å². The van der Waals surface area contributed by atoms with E-state index in [9.17, 15) is 4.79 Å². The van der Waals surface area contributed by atoms with Crippen molar-refractivity contribution in [1.82, 2.24) is 15.3 Å². The molecule has 4 heteroatoms. The van der Waals surface area contributed by atoms with Gasteiger partial charge in [0.2, 0.25) is 5.91 Å². The molecule has 0 bridgehead atoms. The Bertz CT molecular complexity index is 1320. The van der Waals surface area contributed by atoms with Gasteiger partial charge in [0.05, 0.1) is 0 Å². The molecule has 3 aromatic carbocycles. The second-order valence-electron chi connectivity index (χ2n) is 7.92. The number of H-pyrrole nitrogens is 2. The van der Waals surface area contributed by atoms with Crippen LogP contribution in [-0.4, -0.2) is 22.4 Å². The molecule has 1 atom stereocenters. The third kappa shape index (κ3) is 3.97. The molecule has 0 aliphatic carbocycles. The molecular weight excluding hydrogens is 382 g/mol. The number of benzene rings is 3. The van der Waals surface area contributed by atoms with Gasteiger partial charge >= 0.3 is 0 Å². The highest BCUT2D eigenvalue weighted by Gasteiger charge is 2.19. The van der Waals surface area contributed by atoms with Crippen LogP contribution in [-0.2, 0) is 11.2 Å². The van der Waals surface area contributed by atoms with Crippen LogP contribution in [0, 0.1) is 0 Å². The van der Waals surface area contributed by atoms with Crippen LogP contribution in [0.2, 0.25) is 0 Å². The molecule has 0 fully saturated rings. The molecule has 5 rings (SSSR count). The van der Waals surface area contributed by atoms with Crippen LogP contribution >= 0.6 is 0 Å².